The minimum Gasteiger partial charge on any atom is -0.373 e. The van der Waals surface area contributed by atoms with Gasteiger partial charge in [-0.3, -0.25) is 41.8 Å². The number of Topliss-reactive ketones (excluding diaryl/α,β-unsaturated/α-hetero) is 2. The van der Waals surface area contributed by atoms with E-state index in [9.17, 15) is 18.9 Å². The van der Waals surface area contributed by atoms with E-state index in [1.807, 2.05) is 34.6 Å². The molecule has 0 radical (unpaired) electrons. The number of carbonyl (C=O) groups excluding carboxylic acids is 3. The molecule has 0 aromatic carbocycles. The normalized spacial score (nSPS) is 11.9. The predicted molar refractivity (Wildman–Crippen MR) is 139 cm³/mol. The van der Waals surface area contributed by atoms with Crippen molar-refractivity contribution in [1.29, 1.82) is 0 Å². The Hall–Kier alpha value is -0.490. The van der Waals surface area contributed by atoms with Crippen molar-refractivity contribution >= 4 is 75.1 Å². The predicted octanol–water partition coefficient (Wildman–Crippen LogP) is 9.48. The van der Waals surface area contributed by atoms with E-state index < -0.39 is 14.7 Å². The summed E-state index contributed by atoms with van der Waals surface area (Å²) in [5.41, 5.74) is 0. The van der Waals surface area contributed by atoms with E-state index in [0.29, 0.717) is 18.0 Å². The fourth-order valence-corrected chi connectivity index (χ4v) is 1.12. The first-order valence-corrected chi connectivity index (χ1v) is 17.5. The van der Waals surface area contributed by atoms with Crippen molar-refractivity contribution in [2.24, 2.45) is 17.8 Å². The van der Waals surface area contributed by atoms with E-state index in [2.05, 4.69) is 4.52 Å². The molecule has 0 amide bonds. The van der Waals surface area contributed by atoms with Crippen LogP contribution in [0.5, 0.6) is 0 Å². The Labute approximate surface area is 218 Å². The Balaban J connectivity index is -0.0000000744. The molecule has 202 valence electrons. The van der Waals surface area contributed by atoms with Gasteiger partial charge in [0.05, 0.1) is 5.92 Å². The molecule has 3 atom stereocenters. The third-order valence-corrected chi connectivity index (χ3v) is 4.91. The average molecular weight is 630 g/mol. The third kappa shape index (κ3) is 60.2. The quantitative estimate of drug-likeness (QED) is 0.210. The maximum atomic E-state index is 10.5. The van der Waals surface area contributed by atoms with E-state index in [4.69, 9.17) is 27.4 Å². The van der Waals surface area contributed by atoms with Gasteiger partial charge in [-0.1, -0.05) is 41.5 Å². The molecule has 35 heavy (non-hydrogen) atoms. The molecule has 0 heterocycles. The van der Waals surface area contributed by atoms with Crippen molar-refractivity contribution in [2.45, 2.75) is 74.7 Å². The molecule has 0 aliphatic carbocycles. The molecule has 0 fully saturated rings. The van der Waals surface area contributed by atoms with Crippen LogP contribution in [0.4, 0.5) is 0 Å². The monoisotopic (exact) mass is 630 g/mol. The van der Waals surface area contributed by atoms with Crippen molar-refractivity contribution < 1.29 is 50.9 Å². The zero-order valence-corrected chi connectivity index (χ0v) is 27.2. The van der Waals surface area contributed by atoms with E-state index in [1.54, 1.807) is 20.8 Å². The van der Waals surface area contributed by atoms with Gasteiger partial charge >= 0.3 is 14.7 Å². The van der Waals surface area contributed by atoms with Crippen molar-refractivity contribution in [1.82, 2.24) is 0 Å². The Morgan fingerprint density at radius 1 is 0.543 bits per heavy atom. The van der Waals surface area contributed by atoms with Crippen LogP contribution in [0.1, 0.15) is 74.7 Å². The molecule has 3 unspecified atom stereocenters. The molecule has 0 rings (SSSR count). The summed E-state index contributed by atoms with van der Waals surface area (Å²) in [6.07, 6.45) is 2.65. The van der Waals surface area contributed by atoms with E-state index in [1.165, 1.54) is 0 Å². The molecule has 0 aliphatic heterocycles. The second-order valence-corrected chi connectivity index (χ2v) is 10.4. The van der Waals surface area contributed by atoms with E-state index >= 15 is 0 Å². The minimum atomic E-state index is -0.556. The van der Waals surface area contributed by atoms with Gasteiger partial charge in [-0.05, 0) is 33.1 Å². The lowest BCUT2D eigenvalue weighted by atomic mass is 10.1. The number of ketones is 2. The molecule has 0 N–H and O–H groups in total. The highest BCUT2D eigenvalue weighted by Crippen LogP contribution is 2.10. The molecule has 0 aliphatic rings. The summed E-state index contributed by atoms with van der Waals surface area (Å²) < 4.78 is 67.5. The van der Waals surface area contributed by atoms with Gasteiger partial charge in [0.1, 0.15) is 11.6 Å². The Morgan fingerprint density at radius 2 is 0.771 bits per heavy atom. The smallest absolute Gasteiger partial charge is 0.373 e. The fraction of sp³-hybridized carbons (Fsp3) is 0.824. The van der Waals surface area contributed by atoms with Crippen LogP contribution in [0.25, 0.3) is 0 Å². The first kappa shape index (κ1) is 47.7. The average Bonchev–Trinajstić information content (AvgIpc) is 2.88. The highest BCUT2D eigenvalue weighted by atomic mass is 32.0. The van der Waals surface area contributed by atoms with Crippen molar-refractivity contribution in [2.75, 3.05) is 0 Å². The molecule has 0 bridgehead atoms. The van der Waals surface area contributed by atoms with Crippen LogP contribution in [0.2, 0.25) is 0 Å². The minimum absolute atomic E-state index is 0.147. The van der Waals surface area contributed by atoms with Gasteiger partial charge in [0.2, 0.25) is 0 Å². The summed E-state index contributed by atoms with van der Waals surface area (Å²) in [5.74, 6) is 0.561. The maximum absolute atomic E-state index is 10.5. The molecular weight excluding hydrogens is 597 g/mol. The van der Waals surface area contributed by atoms with Gasteiger partial charge in [-0.25, -0.2) is 4.57 Å². The van der Waals surface area contributed by atoms with E-state index in [-0.39, 0.29) is 66.6 Å². The second kappa shape index (κ2) is 43.6. The van der Waals surface area contributed by atoms with E-state index in [0.717, 1.165) is 12.8 Å². The fourth-order valence-electron chi connectivity index (χ4n) is 0.868. The topological polar surface area (TPSA) is 180 Å². The second-order valence-electron chi connectivity index (χ2n) is 6.12. The summed E-state index contributed by atoms with van der Waals surface area (Å²) >= 11 is 0. The first-order valence-electron chi connectivity index (χ1n) is 9.82. The molecule has 0 saturated heterocycles. The lowest BCUT2D eigenvalue weighted by molar-refractivity contribution is -0.137. The van der Waals surface area contributed by atoms with Crippen molar-refractivity contribution in [3.05, 3.63) is 0 Å². The number of carbonyl (C=O) groups is 3. The van der Waals surface area contributed by atoms with Crippen LogP contribution in [-0.2, 0) is 50.9 Å². The van der Waals surface area contributed by atoms with Crippen LogP contribution in [0, 0.1) is 17.8 Å². The maximum Gasteiger partial charge on any atom is 0.398 e. The van der Waals surface area contributed by atoms with Crippen LogP contribution >= 0.6 is 57.6 Å². The number of hydrogen-bond acceptors (Lipinski definition) is 11. The first-order chi connectivity index (χ1) is 16.3. The van der Waals surface area contributed by atoms with Gasteiger partial charge in [0.25, 0.3) is 48.9 Å². The molecular formula is C17H33O11P7. The van der Waals surface area contributed by atoms with Crippen LogP contribution < -0.4 is 0 Å². The lowest BCUT2D eigenvalue weighted by Crippen LogP contribution is -2.08. The molecule has 0 aromatic heterocycles. The van der Waals surface area contributed by atoms with Gasteiger partial charge in [0.15, 0.2) is 0 Å². The SMILES string of the molecule is CCC(C)C(=O)OP=O.CCC(C)C(C)=O.CCC(C)C(C)=O.O=PP=O.O=PP=O.O=PP=O. The van der Waals surface area contributed by atoms with Gasteiger partial charge in [0, 0.05) is 11.8 Å². The Kier molecular flexibility index (Phi) is 59.4. The standard InChI is InChI=1S/2C6H12O.C5H9O3P.3O2P2/c2*1-4-5(2)6(3)7;1-3-4(2)5(6)8-9-7;3*1-3-4-2/h2*5H,4H2,1-3H3;4H,3H2,1-2H3;;;. The molecule has 11 nitrogen and oxygen atoms in total. The largest absolute Gasteiger partial charge is 0.398 e. The van der Waals surface area contributed by atoms with Crippen molar-refractivity contribution in [3.63, 3.8) is 0 Å². The van der Waals surface area contributed by atoms with Gasteiger partial charge in [-0.2, -0.15) is 0 Å². The highest BCUT2D eigenvalue weighted by molar-refractivity contribution is 7.99. The van der Waals surface area contributed by atoms with Crippen LogP contribution in [0.15, 0.2) is 0 Å². The summed E-state index contributed by atoms with van der Waals surface area (Å²) in [7, 11) is -2.57. The zero-order valence-electron chi connectivity index (χ0n) is 21.0. The van der Waals surface area contributed by atoms with Gasteiger partial charge in [-0.15, -0.1) is 0 Å². The number of rotatable bonds is 10. The highest BCUT2D eigenvalue weighted by Gasteiger charge is 2.11. The Morgan fingerprint density at radius 3 is 0.857 bits per heavy atom. The number of hydrogen-bond donors (Lipinski definition) is 0. The summed E-state index contributed by atoms with van der Waals surface area (Å²) in [5, 5.41) is 0. The third-order valence-electron chi connectivity index (χ3n) is 3.85. The lowest BCUT2D eigenvalue weighted by Gasteiger charge is -2.00. The van der Waals surface area contributed by atoms with Gasteiger partial charge < -0.3 is 4.52 Å². The van der Waals surface area contributed by atoms with Crippen LogP contribution in [-0.4, -0.2) is 17.5 Å². The molecule has 0 spiro atoms. The van der Waals surface area contributed by atoms with Crippen molar-refractivity contribution in [3.8, 4) is 0 Å². The molecule has 0 aromatic rings. The van der Waals surface area contributed by atoms with Crippen LogP contribution in [0.3, 0.4) is 0 Å². The zero-order chi connectivity index (χ0) is 29.2. The summed E-state index contributed by atoms with van der Waals surface area (Å²) in [6.45, 7) is 14.8. The summed E-state index contributed by atoms with van der Waals surface area (Å²) in [4.78, 5) is 31.3. The summed E-state index contributed by atoms with van der Waals surface area (Å²) in [6, 6.07) is 0. The molecule has 18 heteroatoms. The molecule has 0 saturated carbocycles. The Bertz CT molecular complexity index is 553.